The van der Waals surface area contributed by atoms with Crippen molar-refractivity contribution in [2.45, 2.75) is 46.3 Å². The van der Waals surface area contributed by atoms with Gasteiger partial charge in [0.2, 0.25) is 0 Å². The van der Waals surface area contributed by atoms with E-state index >= 15 is 0 Å². The lowest BCUT2D eigenvalue weighted by Crippen LogP contribution is -2.38. The number of nitrogens with zero attached hydrogens (tertiary/aromatic N) is 1. The van der Waals surface area contributed by atoms with Crippen molar-refractivity contribution in [1.29, 1.82) is 0 Å². The van der Waals surface area contributed by atoms with Crippen LogP contribution in [0.2, 0.25) is 0 Å². The number of morpholine rings is 1. The summed E-state index contributed by atoms with van der Waals surface area (Å²) in [7, 11) is 0. The molecule has 0 saturated carbocycles. The molecule has 0 aliphatic carbocycles. The fraction of sp³-hybridized carbons (Fsp3) is 0.700. The zero-order valence-corrected chi connectivity index (χ0v) is 15.8. The van der Waals surface area contributed by atoms with Crippen LogP contribution in [0.1, 0.15) is 45.7 Å². The van der Waals surface area contributed by atoms with E-state index in [0.717, 1.165) is 45.1 Å². The van der Waals surface area contributed by atoms with Crippen LogP contribution in [-0.4, -0.2) is 50.4 Å². The summed E-state index contributed by atoms with van der Waals surface area (Å²) in [5, 5.41) is 3.74. The van der Waals surface area contributed by atoms with Gasteiger partial charge >= 0.3 is 0 Å². The average Bonchev–Trinajstić information content (AvgIpc) is 2.56. The van der Waals surface area contributed by atoms with E-state index in [-0.39, 0.29) is 6.10 Å². The molecule has 1 saturated heterocycles. The van der Waals surface area contributed by atoms with E-state index in [1.807, 2.05) is 0 Å². The van der Waals surface area contributed by atoms with Crippen molar-refractivity contribution in [3.05, 3.63) is 29.8 Å². The van der Waals surface area contributed by atoms with Crippen LogP contribution >= 0.6 is 0 Å². The van der Waals surface area contributed by atoms with Gasteiger partial charge in [0.1, 0.15) is 5.75 Å². The second-order valence-electron chi connectivity index (χ2n) is 7.22. The van der Waals surface area contributed by atoms with E-state index in [1.165, 1.54) is 12.0 Å². The van der Waals surface area contributed by atoms with Crippen LogP contribution in [0.15, 0.2) is 24.3 Å². The van der Waals surface area contributed by atoms with Crippen LogP contribution in [0.4, 0.5) is 0 Å². The molecule has 0 amide bonds. The molecule has 1 aromatic carbocycles. The Balaban J connectivity index is 1.80. The molecule has 1 aromatic rings. The van der Waals surface area contributed by atoms with Crippen molar-refractivity contribution < 1.29 is 9.47 Å². The molecule has 1 heterocycles. The second-order valence-corrected chi connectivity index (χ2v) is 7.22. The van der Waals surface area contributed by atoms with Crippen LogP contribution in [0.3, 0.4) is 0 Å². The van der Waals surface area contributed by atoms with Crippen molar-refractivity contribution in [3.63, 3.8) is 0 Å². The summed E-state index contributed by atoms with van der Waals surface area (Å²) in [6.07, 6.45) is 1.40. The van der Waals surface area contributed by atoms with Crippen LogP contribution in [0.5, 0.6) is 5.75 Å². The Bertz CT molecular complexity index is 453. The minimum absolute atomic E-state index is 0.218. The standard InChI is InChI=1S/C20H34N2O2/c1-16(2)20(18-6-8-19(9-7-18)24-17(3)4)21-10-5-11-22-12-14-23-15-13-22/h6-9,16-17,20-21H,5,10-15H2,1-4H3/t20-/m0/s1. The van der Waals surface area contributed by atoms with Gasteiger partial charge in [-0.05, 0) is 57.0 Å². The molecule has 0 bridgehead atoms. The highest BCUT2D eigenvalue weighted by Crippen LogP contribution is 2.24. The van der Waals surface area contributed by atoms with Crippen LogP contribution in [-0.2, 0) is 4.74 Å². The smallest absolute Gasteiger partial charge is 0.119 e. The predicted molar refractivity (Wildman–Crippen MR) is 99.7 cm³/mol. The number of hydrogen-bond acceptors (Lipinski definition) is 4. The lowest BCUT2D eigenvalue weighted by molar-refractivity contribution is 0.0373. The van der Waals surface area contributed by atoms with Gasteiger partial charge in [-0.3, -0.25) is 4.90 Å². The van der Waals surface area contributed by atoms with Crippen LogP contribution in [0, 0.1) is 5.92 Å². The van der Waals surface area contributed by atoms with Gasteiger partial charge in [0, 0.05) is 19.1 Å². The molecule has 0 spiro atoms. The summed E-state index contributed by atoms with van der Waals surface area (Å²) in [5.74, 6) is 1.51. The first-order chi connectivity index (χ1) is 11.6. The number of rotatable bonds is 9. The minimum atomic E-state index is 0.218. The molecule has 0 radical (unpaired) electrons. The maximum Gasteiger partial charge on any atom is 0.119 e. The van der Waals surface area contributed by atoms with E-state index in [9.17, 15) is 0 Å². The molecule has 1 aliphatic heterocycles. The molecule has 136 valence electrons. The van der Waals surface area contributed by atoms with Gasteiger partial charge in [-0.25, -0.2) is 0 Å². The van der Waals surface area contributed by atoms with Gasteiger partial charge in [0.15, 0.2) is 0 Å². The van der Waals surface area contributed by atoms with E-state index < -0.39 is 0 Å². The van der Waals surface area contributed by atoms with Gasteiger partial charge in [-0.2, -0.15) is 0 Å². The van der Waals surface area contributed by atoms with Crippen molar-refractivity contribution in [2.24, 2.45) is 5.92 Å². The number of nitrogens with one attached hydrogen (secondary N) is 1. The molecule has 24 heavy (non-hydrogen) atoms. The minimum Gasteiger partial charge on any atom is -0.491 e. The van der Waals surface area contributed by atoms with Gasteiger partial charge in [0.25, 0.3) is 0 Å². The van der Waals surface area contributed by atoms with Crippen molar-refractivity contribution in [3.8, 4) is 5.75 Å². The third-order valence-corrected chi connectivity index (χ3v) is 4.40. The predicted octanol–water partition coefficient (Wildman–Crippen LogP) is 3.48. The Hall–Kier alpha value is -1.10. The Morgan fingerprint density at radius 1 is 1.08 bits per heavy atom. The first-order valence-electron chi connectivity index (χ1n) is 9.36. The zero-order valence-electron chi connectivity index (χ0n) is 15.8. The second kappa shape index (κ2) is 10.0. The van der Waals surface area contributed by atoms with Crippen molar-refractivity contribution in [2.75, 3.05) is 39.4 Å². The molecule has 1 fully saturated rings. The summed E-state index contributed by atoms with van der Waals surface area (Å²) < 4.78 is 11.1. The Labute approximate surface area is 147 Å². The maximum atomic E-state index is 5.74. The quantitative estimate of drug-likeness (QED) is 0.701. The zero-order chi connectivity index (χ0) is 17.4. The number of ether oxygens (including phenoxy) is 2. The monoisotopic (exact) mass is 334 g/mol. The highest BCUT2D eigenvalue weighted by Gasteiger charge is 2.16. The van der Waals surface area contributed by atoms with E-state index in [1.54, 1.807) is 0 Å². The number of benzene rings is 1. The Morgan fingerprint density at radius 3 is 2.33 bits per heavy atom. The summed E-state index contributed by atoms with van der Waals surface area (Å²) in [5.41, 5.74) is 1.34. The molecule has 2 rings (SSSR count). The lowest BCUT2D eigenvalue weighted by atomic mass is 9.96. The molecular formula is C20H34N2O2. The first kappa shape index (κ1) is 19.2. The van der Waals surface area contributed by atoms with Crippen LogP contribution < -0.4 is 10.1 Å². The third kappa shape index (κ3) is 6.42. The molecule has 4 nitrogen and oxygen atoms in total. The Morgan fingerprint density at radius 2 is 1.75 bits per heavy atom. The highest BCUT2D eigenvalue weighted by atomic mass is 16.5. The normalized spacial score (nSPS) is 17.4. The SMILES string of the molecule is CC(C)Oc1ccc([C@@H](NCCCN2CCOCC2)C(C)C)cc1. The summed E-state index contributed by atoms with van der Waals surface area (Å²) in [6.45, 7) is 14.8. The molecule has 0 unspecified atom stereocenters. The lowest BCUT2D eigenvalue weighted by Gasteiger charge is -2.27. The third-order valence-electron chi connectivity index (χ3n) is 4.40. The number of hydrogen-bond donors (Lipinski definition) is 1. The average molecular weight is 335 g/mol. The summed E-state index contributed by atoms with van der Waals surface area (Å²) in [4.78, 5) is 2.49. The Kier molecular flexibility index (Phi) is 8.03. The fourth-order valence-corrected chi connectivity index (χ4v) is 3.15. The van der Waals surface area contributed by atoms with Crippen LogP contribution in [0.25, 0.3) is 0 Å². The van der Waals surface area contributed by atoms with Gasteiger partial charge in [-0.15, -0.1) is 0 Å². The molecule has 1 aliphatic rings. The molecule has 4 heteroatoms. The highest BCUT2D eigenvalue weighted by molar-refractivity contribution is 5.29. The molecule has 0 aromatic heterocycles. The van der Waals surface area contributed by atoms with Gasteiger partial charge in [-0.1, -0.05) is 26.0 Å². The topological polar surface area (TPSA) is 33.7 Å². The summed E-state index contributed by atoms with van der Waals surface area (Å²) in [6, 6.07) is 8.94. The van der Waals surface area contributed by atoms with E-state index in [4.69, 9.17) is 9.47 Å². The largest absolute Gasteiger partial charge is 0.491 e. The molecular weight excluding hydrogens is 300 g/mol. The van der Waals surface area contributed by atoms with Crippen molar-refractivity contribution >= 4 is 0 Å². The van der Waals surface area contributed by atoms with Crippen molar-refractivity contribution in [1.82, 2.24) is 10.2 Å². The van der Waals surface area contributed by atoms with E-state index in [0.29, 0.717) is 12.0 Å². The molecule has 1 N–H and O–H groups in total. The summed E-state index contributed by atoms with van der Waals surface area (Å²) >= 11 is 0. The maximum absolute atomic E-state index is 5.74. The van der Waals surface area contributed by atoms with Gasteiger partial charge in [0.05, 0.1) is 19.3 Å². The fourth-order valence-electron chi connectivity index (χ4n) is 3.15. The van der Waals surface area contributed by atoms with Gasteiger partial charge < -0.3 is 14.8 Å². The molecule has 1 atom stereocenters. The van der Waals surface area contributed by atoms with E-state index in [2.05, 4.69) is 62.2 Å². The first-order valence-corrected chi connectivity index (χ1v) is 9.36.